The summed E-state index contributed by atoms with van der Waals surface area (Å²) in [6, 6.07) is 0. The number of rotatable bonds is 3. The van der Waals surface area contributed by atoms with E-state index in [1.54, 1.807) is 4.90 Å². The molecule has 2 amide bonds. The quantitative estimate of drug-likeness (QED) is 0.668. The van der Waals surface area contributed by atoms with Crippen molar-refractivity contribution >= 4 is 11.8 Å². The topological polar surface area (TPSA) is 75.4 Å². The normalized spacial score (nSPS) is 30.8. The lowest BCUT2D eigenvalue weighted by Crippen LogP contribution is -2.39. The highest BCUT2D eigenvalue weighted by atomic mass is 16.2. The Hall–Kier alpha value is -1.10. The monoisotopic (exact) mass is 225 g/mol. The second-order valence-corrected chi connectivity index (χ2v) is 4.81. The standard InChI is InChI=1S/C11H19N3O2/c12-11(16)9-4-10(15)14(7-9)6-8-2-1-3-13-5-8/h8-9,13H,1-7H2,(H2,12,16). The summed E-state index contributed by atoms with van der Waals surface area (Å²) in [4.78, 5) is 24.5. The zero-order valence-electron chi connectivity index (χ0n) is 9.45. The number of likely N-dealkylation sites (tertiary alicyclic amines) is 1. The number of nitrogens with two attached hydrogens (primary N) is 1. The van der Waals surface area contributed by atoms with Crippen molar-refractivity contribution in [1.29, 1.82) is 0 Å². The van der Waals surface area contributed by atoms with E-state index in [9.17, 15) is 9.59 Å². The van der Waals surface area contributed by atoms with Crippen LogP contribution in [0.5, 0.6) is 0 Å². The van der Waals surface area contributed by atoms with E-state index in [1.807, 2.05) is 0 Å². The van der Waals surface area contributed by atoms with E-state index in [-0.39, 0.29) is 17.7 Å². The summed E-state index contributed by atoms with van der Waals surface area (Å²) in [6.45, 7) is 3.35. The molecule has 90 valence electrons. The molecule has 0 aromatic heterocycles. The zero-order chi connectivity index (χ0) is 11.5. The summed E-state index contributed by atoms with van der Waals surface area (Å²) in [5, 5.41) is 3.33. The molecule has 5 nitrogen and oxygen atoms in total. The maximum absolute atomic E-state index is 11.7. The number of primary amides is 1. The van der Waals surface area contributed by atoms with Crippen LogP contribution in [0.2, 0.25) is 0 Å². The van der Waals surface area contributed by atoms with Gasteiger partial charge in [-0.25, -0.2) is 0 Å². The minimum absolute atomic E-state index is 0.0781. The van der Waals surface area contributed by atoms with Crippen molar-refractivity contribution in [3.63, 3.8) is 0 Å². The largest absolute Gasteiger partial charge is 0.369 e. The first kappa shape index (κ1) is 11.4. The van der Waals surface area contributed by atoms with Crippen LogP contribution in [-0.4, -0.2) is 42.9 Å². The lowest BCUT2D eigenvalue weighted by Gasteiger charge is -2.27. The molecule has 0 aromatic carbocycles. The molecular weight excluding hydrogens is 206 g/mol. The third kappa shape index (κ3) is 2.52. The molecule has 0 aromatic rings. The van der Waals surface area contributed by atoms with Gasteiger partial charge in [0.2, 0.25) is 11.8 Å². The number of hydrogen-bond donors (Lipinski definition) is 2. The van der Waals surface area contributed by atoms with Crippen LogP contribution in [0.25, 0.3) is 0 Å². The van der Waals surface area contributed by atoms with Gasteiger partial charge in [0.15, 0.2) is 0 Å². The molecule has 2 rings (SSSR count). The van der Waals surface area contributed by atoms with Crippen LogP contribution in [0.1, 0.15) is 19.3 Å². The Morgan fingerprint density at radius 2 is 2.38 bits per heavy atom. The van der Waals surface area contributed by atoms with Crippen LogP contribution < -0.4 is 11.1 Å². The molecule has 16 heavy (non-hydrogen) atoms. The predicted octanol–water partition coefficient (Wildman–Crippen LogP) is -0.680. The minimum Gasteiger partial charge on any atom is -0.369 e. The third-order valence-electron chi connectivity index (χ3n) is 3.49. The van der Waals surface area contributed by atoms with Gasteiger partial charge in [0.1, 0.15) is 0 Å². The molecule has 0 spiro atoms. The van der Waals surface area contributed by atoms with Gasteiger partial charge in [-0.15, -0.1) is 0 Å². The fourth-order valence-electron chi connectivity index (χ4n) is 2.53. The van der Waals surface area contributed by atoms with Crippen molar-refractivity contribution in [2.24, 2.45) is 17.6 Å². The fraction of sp³-hybridized carbons (Fsp3) is 0.818. The number of hydrogen-bond acceptors (Lipinski definition) is 3. The van der Waals surface area contributed by atoms with E-state index in [4.69, 9.17) is 5.73 Å². The average molecular weight is 225 g/mol. The van der Waals surface area contributed by atoms with E-state index >= 15 is 0 Å². The second-order valence-electron chi connectivity index (χ2n) is 4.81. The molecule has 2 saturated heterocycles. The van der Waals surface area contributed by atoms with Gasteiger partial charge in [0, 0.05) is 19.5 Å². The van der Waals surface area contributed by atoms with Crippen molar-refractivity contribution in [2.45, 2.75) is 19.3 Å². The van der Waals surface area contributed by atoms with Crippen LogP contribution in [0.4, 0.5) is 0 Å². The maximum atomic E-state index is 11.7. The smallest absolute Gasteiger partial charge is 0.223 e. The molecule has 0 aliphatic carbocycles. The summed E-state index contributed by atoms with van der Waals surface area (Å²) in [6.07, 6.45) is 2.64. The van der Waals surface area contributed by atoms with E-state index in [1.165, 1.54) is 6.42 Å². The summed E-state index contributed by atoms with van der Waals surface area (Å²) < 4.78 is 0. The Labute approximate surface area is 95.3 Å². The predicted molar refractivity (Wildman–Crippen MR) is 59.5 cm³/mol. The van der Waals surface area contributed by atoms with Crippen molar-refractivity contribution in [2.75, 3.05) is 26.2 Å². The summed E-state index contributed by atoms with van der Waals surface area (Å²) >= 11 is 0. The van der Waals surface area contributed by atoms with Gasteiger partial charge < -0.3 is 16.0 Å². The minimum atomic E-state index is -0.349. The Balaban J connectivity index is 1.85. The molecule has 2 heterocycles. The van der Waals surface area contributed by atoms with Gasteiger partial charge in [0.05, 0.1) is 5.92 Å². The van der Waals surface area contributed by atoms with Crippen LogP contribution in [0, 0.1) is 11.8 Å². The fourth-order valence-corrected chi connectivity index (χ4v) is 2.53. The van der Waals surface area contributed by atoms with E-state index in [0.717, 1.165) is 26.1 Å². The lowest BCUT2D eigenvalue weighted by molar-refractivity contribution is -0.129. The first-order valence-corrected chi connectivity index (χ1v) is 5.94. The maximum Gasteiger partial charge on any atom is 0.223 e. The number of carbonyl (C=O) groups is 2. The van der Waals surface area contributed by atoms with Gasteiger partial charge >= 0.3 is 0 Å². The van der Waals surface area contributed by atoms with Crippen molar-refractivity contribution in [3.8, 4) is 0 Å². The van der Waals surface area contributed by atoms with E-state index < -0.39 is 0 Å². The summed E-state index contributed by atoms with van der Waals surface area (Å²) in [5.41, 5.74) is 5.23. The highest BCUT2D eigenvalue weighted by molar-refractivity contribution is 5.88. The Bertz CT molecular complexity index is 287. The second kappa shape index (κ2) is 4.82. The highest BCUT2D eigenvalue weighted by Gasteiger charge is 2.34. The molecule has 0 radical (unpaired) electrons. The van der Waals surface area contributed by atoms with Crippen molar-refractivity contribution < 1.29 is 9.59 Å². The molecular formula is C11H19N3O2. The SMILES string of the molecule is NC(=O)C1CC(=O)N(CC2CCCNC2)C1. The molecule has 2 aliphatic rings. The number of amides is 2. The molecule has 3 N–H and O–H groups in total. The third-order valence-corrected chi connectivity index (χ3v) is 3.49. The van der Waals surface area contributed by atoms with E-state index in [2.05, 4.69) is 5.32 Å². The number of nitrogens with one attached hydrogen (secondary N) is 1. The van der Waals surface area contributed by atoms with E-state index in [0.29, 0.717) is 18.9 Å². The molecule has 5 heteroatoms. The molecule has 2 aliphatic heterocycles. The highest BCUT2D eigenvalue weighted by Crippen LogP contribution is 2.20. The molecule has 0 saturated carbocycles. The zero-order valence-corrected chi connectivity index (χ0v) is 9.45. The van der Waals surface area contributed by atoms with Gasteiger partial charge in [-0.2, -0.15) is 0 Å². The van der Waals surface area contributed by atoms with Crippen molar-refractivity contribution in [3.05, 3.63) is 0 Å². The van der Waals surface area contributed by atoms with Gasteiger partial charge in [0.25, 0.3) is 0 Å². The van der Waals surface area contributed by atoms with Crippen LogP contribution in [-0.2, 0) is 9.59 Å². The Morgan fingerprint density at radius 1 is 1.56 bits per heavy atom. The molecule has 0 bridgehead atoms. The van der Waals surface area contributed by atoms with Gasteiger partial charge in [-0.1, -0.05) is 0 Å². The molecule has 2 atom stereocenters. The van der Waals surface area contributed by atoms with Gasteiger partial charge in [-0.05, 0) is 31.8 Å². The lowest BCUT2D eigenvalue weighted by atomic mass is 9.99. The van der Waals surface area contributed by atoms with Crippen LogP contribution in [0.15, 0.2) is 0 Å². The molecule has 2 fully saturated rings. The summed E-state index contributed by atoms with van der Waals surface area (Å²) in [7, 11) is 0. The first-order valence-electron chi connectivity index (χ1n) is 5.94. The number of piperidine rings is 1. The first-order chi connectivity index (χ1) is 7.66. The Kier molecular flexibility index (Phi) is 3.43. The number of nitrogens with zero attached hydrogens (tertiary/aromatic N) is 1. The summed E-state index contributed by atoms with van der Waals surface area (Å²) in [5.74, 6) is -0.0135. The van der Waals surface area contributed by atoms with Crippen molar-refractivity contribution in [1.82, 2.24) is 10.2 Å². The number of carbonyl (C=O) groups excluding carboxylic acids is 2. The van der Waals surface area contributed by atoms with Crippen LogP contribution >= 0.6 is 0 Å². The Morgan fingerprint density at radius 3 is 2.94 bits per heavy atom. The van der Waals surface area contributed by atoms with Crippen LogP contribution in [0.3, 0.4) is 0 Å². The van der Waals surface area contributed by atoms with Gasteiger partial charge in [-0.3, -0.25) is 9.59 Å². The average Bonchev–Trinajstić information content (AvgIpc) is 2.62. The molecule has 2 unspecified atom stereocenters.